The fourth-order valence-electron chi connectivity index (χ4n) is 5.44. The zero-order valence-electron chi connectivity index (χ0n) is 19.9. The third-order valence-electron chi connectivity index (χ3n) is 7.46. The van der Waals surface area contributed by atoms with Crippen molar-refractivity contribution >= 4 is 35.4 Å². The van der Waals surface area contributed by atoms with Crippen LogP contribution in [0.15, 0.2) is 35.5 Å². The van der Waals surface area contributed by atoms with Crippen LogP contribution < -0.4 is 4.90 Å². The summed E-state index contributed by atoms with van der Waals surface area (Å²) in [6.45, 7) is 2.98. The number of aromatic nitrogens is 1. The number of pyridine rings is 1. The molecular formula is C26H30ClN5O2. The van der Waals surface area contributed by atoms with E-state index in [1.807, 2.05) is 29.4 Å². The molecule has 34 heavy (non-hydrogen) atoms. The van der Waals surface area contributed by atoms with Crippen molar-refractivity contribution in [3.05, 3.63) is 46.6 Å². The number of halogens is 1. The van der Waals surface area contributed by atoms with Crippen LogP contribution in [0.1, 0.15) is 35.2 Å². The number of anilines is 1. The van der Waals surface area contributed by atoms with Crippen molar-refractivity contribution in [3.8, 4) is 11.1 Å². The lowest BCUT2D eigenvalue weighted by Gasteiger charge is -2.61. The first-order chi connectivity index (χ1) is 16.3. The third kappa shape index (κ3) is 3.86. The number of nitrogens with zero attached hydrogens (tertiary/aromatic N) is 5. The quantitative estimate of drug-likeness (QED) is 0.614. The molecule has 0 radical (unpaired) electrons. The summed E-state index contributed by atoms with van der Waals surface area (Å²) in [5.74, 6) is 1.91. The van der Waals surface area contributed by atoms with Gasteiger partial charge in [0, 0.05) is 70.9 Å². The summed E-state index contributed by atoms with van der Waals surface area (Å²) in [6.07, 6.45) is 6.94. The van der Waals surface area contributed by atoms with E-state index < -0.39 is 0 Å². The first kappa shape index (κ1) is 22.8. The molecule has 0 spiro atoms. The largest absolute Gasteiger partial charge is 0.353 e. The fraction of sp³-hybridized carbons (Fsp3) is 0.462. The highest BCUT2D eigenvalue weighted by Gasteiger charge is 2.62. The molecule has 7 nitrogen and oxygen atoms in total. The molecule has 1 aliphatic heterocycles. The minimum atomic E-state index is -0.129. The normalized spacial score (nSPS) is 23.5. The first-order valence-electron chi connectivity index (χ1n) is 11.8. The summed E-state index contributed by atoms with van der Waals surface area (Å²) in [5.41, 5.74) is 3.17. The molecule has 2 aromatic rings. The molecule has 0 N–H and O–H groups in total. The Morgan fingerprint density at radius 3 is 2.38 bits per heavy atom. The Kier molecular flexibility index (Phi) is 5.84. The molecule has 1 aromatic carbocycles. The zero-order valence-corrected chi connectivity index (χ0v) is 20.7. The molecule has 1 aromatic heterocycles. The van der Waals surface area contributed by atoms with Gasteiger partial charge in [-0.15, -0.1) is 0 Å². The standard InChI is InChI=1S/C26H30ClN5O2/c1-28-15-20-10-19(18-4-5-21(22(27)11-18)24(33)30(2)3)16-29-23(20)31-6-8-32(9-7-31)25(34)26-12-17(13-26)14-26/h4-5,10-11,15-17H,6-9,12-14H2,1-3H3/b28-15+. The van der Waals surface area contributed by atoms with Crippen LogP contribution in [-0.2, 0) is 4.79 Å². The maximum Gasteiger partial charge on any atom is 0.254 e. The van der Waals surface area contributed by atoms with Crippen LogP contribution in [-0.4, -0.2) is 80.1 Å². The van der Waals surface area contributed by atoms with Crippen LogP contribution >= 0.6 is 11.6 Å². The Morgan fingerprint density at radius 1 is 1.12 bits per heavy atom. The average molecular weight is 480 g/mol. The predicted molar refractivity (Wildman–Crippen MR) is 135 cm³/mol. The number of carbonyl (C=O) groups is 2. The topological polar surface area (TPSA) is 69.1 Å². The Labute approximate surface area is 205 Å². The molecule has 3 aliphatic carbocycles. The van der Waals surface area contributed by atoms with Crippen molar-refractivity contribution in [2.24, 2.45) is 16.3 Å². The van der Waals surface area contributed by atoms with Crippen LogP contribution in [0.2, 0.25) is 5.02 Å². The first-order valence-corrected chi connectivity index (χ1v) is 12.2. The van der Waals surface area contributed by atoms with Crippen LogP contribution in [0.4, 0.5) is 5.82 Å². The summed E-state index contributed by atoms with van der Waals surface area (Å²) in [5, 5.41) is 0.412. The minimum absolute atomic E-state index is 0.0132. The predicted octanol–water partition coefficient (Wildman–Crippen LogP) is 3.60. The monoisotopic (exact) mass is 479 g/mol. The summed E-state index contributed by atoms with van der Waals surface area (Å²) in [4.78, 5) is 40.0. The number of hydrogen-bond acceptors (Lipinski definition) is 5. The summed E-state index contributed by atoms with van der Waals surface area (Å²) in [6, 6.07) is 7.50. The van der Waals surface area contributed by atoms with Gasteiger partial charge in [-0.1, -0.05) is 17.7 Å². The molecule has 178 valence electrons. The molecule has 6 rings (SSSR count). The highest BCUT2D eigenvalue weighted by atomic mass is 35.5. The van der Waals surface area contributed by atoms with Crippen LogP contribution in [0, 0.1) is 11.3 Å². The van der Waals surface area contributed by atoms with E-state index in [9.17, 15) is 9.59 Å². The van der Waals surface area contributed by atoms with Gasteiger partial charge in [-0.05, 0) is 48.9 Å². The summed E-state index contributed by atoms with van der Waals surface area (Å²) >= 11 is 6.43. The molecule has 4 aliphatic rings. The van der Waals surface area contributed by atoms with Gasteiger partial charge in [-0.25, -0.2) is 4.98 Å². The number of carbonyl (C=O) groups excluding carboxylic acids is 2. The molecule has 2 amide bonds. The second kappa shape index (κ2) is 8.69. The Bertz CT molecular complexity index is 1150. The van der Waals surface area contributed by atoms with Crippen molar-refractivity contribution in [2.75, 3.05) is 52.2 Å². The van der Waals surface area contributed by atoms with Gasteiger partial charge in [0.25, 0.3) is 5.91 Å². The van der Waals surface area contributed by atoms with Gasteiger partial charge >= 0.3 is 0 Å². The summed E-state index contributed by atoms with van der Waals surface area (Å²) in [7, 11) is 5.16. The summed E-state index contributed by atoms with van der Waals surface area (Å²) < 4.78 is 0. The van der Waals surface area contributed by atoms with Crippen LogP contribution in [0.25, 0.3) is 11.1 Å². The maximum atomic E-state index is 12.9. The molecule has 1 saturated heterocycles. The number of piperazine rings is 1. The molecule has 8 heteroatoms. The Morgan fingerprint density at radius 2 is 1.82 bits per heavy atom. The van der Waals surface area contributed by atoms with E-state index in [2.05, 4.69) is 9.89 Å². The lowest BCUT2D eigenvalue weighted by atomic mass is 9.44. The van der Waals surface area contributed by atoms with Crippen molar-refractivity contribution in [1.29, 1.82) is 0 Å². The number of benzene rings is 1. The van der Waals surface area contributed by atoms with Gasteiger partial charge in [0.2, 0.25) is 5.91 Å². The van der Waals surface area contributed by atoms with Crippen molar-refractivity contribution in [3.63, 3.8) is 0 Å². The van der Waals surface area contributed by atoms with Gasteiger partial charge < -0.3 is 14.7 Å². The van der Waals surface area contributed by atoms with Gasteiger partial charge in [-0.3, -0.25) is 14.6 Å². The minimum Gasteiger partial charge on any atom is -0.353 e. The highest BCUT2D eigenvalue weighted by Crippen LogP contribution is 2.65. The second-order valence-electron chi connectivity index (χ2n) is 9.96. The SMILES string of the molecule is C/N=C/c1cc(-c2ccc(C(=O)N(C)C)c(Cl)c2)cnc1N1CCN(C(=O)C23CC(C2)C3)CC1. The van der Waals surface area contributed by atoms with E-state index in [4.69, 9.17) is 16.6 Å². The Hall–Kier alpha value is -2.93. The van der Waals surface area contributed by atoms with Gasteiger partial charge in [0.05, 0.1) is 16.0 Å². The lowest BCUT2D eigenvalue weighted by Crippen LogP contribution is -2.63. The highest BCUT2D eigenvalue weighted by molar-refractivity contribution is 6.34. The van der Waals surface area contributed by atoms with Crippen molar-refractivity contribution < 1.29 is 9.59 Å². The molecule has 0 unspecified atom stereocenters. The molecule has 4 fully saturated rings. The number of hydrogen-bond donors (Lipinski definition) is 0. The number of aliphatic imine (C=N–C) groups is 1. The smallest absolute Gasteiger partial charge is 0.254 e. The molecular weight excluding hydrogens is 450 g/mol. The third-order valence-corrected chi connectivity index (χ3v) is 7.77. The van der Waals surface area contributed by atoms with Gasteiger partial charge in [0.15, 0.2) is 0 Å². The van der Waals surface area contributed by atoms with Crippen LogP contribution in [0.3, 0.4) is 0 Å². The Balaban J connectivity index is 1.33. The van der Waals surface area contributed by atoms with E-state index in [1.165, 1.54) is 4.90 Å². The number of amides is 2. The lowest BCUT2D eigenvalue weighted by molar-refractivity contribution is -0.177. The van der Waals surface area contributed by atoms with E-state index in [-0.39, 0.29) is 11.3 Å². The van der Waals surface area contributed by atoms with E-state index >= 15 is 0 Å². The second-order valence-corrected chi connectivity index (χ2v) is 10.4. The molecule has 2 bridgehead atoms. The molecule has 0 atom stereocenters. The fourth-order valence-corrected chi connectivity index (χ4v) is 5.70. The number of rotatable bonds is 5. The average Bonchev–Trinajstić information content (AvgIpc) is 2.77. The van der Waals surface area contributed by atoms with Gasteiger partial charge in [-0.2, -0.15) is 0 Å². The van der Waals surface area contributed by atoms with E-state index in [0.29, 0.717) is 16.5 Å². The van der Waals surface area contributed by atoms with Crippen molar-refractivity contribution in [2.45, 2.75) is 19.3 Å². The molecule has 2 heterocycles. The van der Waals surface area contributed by atoms with Crippen LogP contribution in [0.5, 0.6) is 0 Å². The maximum absolute atomic E-state index is 12.9. The van der Waals surface area contributed by atoms with E-state index in [1.54, 1.807) is 33.3 Å². The zero-order chi connectivity index (χ0) is 24.0. The van der Waals surface area contributed by atoms with Gasteiger partial charge in [0.1, 0.15) is 5.82 Å². The van der Waals surface area contributed by atoms with E-state index in [0.717, 1.165) is 73.9 Å². The molecule has 3 saturated carbocycles. The van der Waals surface area contributed by atoms with Crippen molar-refractivity contribution in [1.82, 2.24) is 14.8 Å².